The van der Waals surface area contributed by atoms with Crippen molar-refractivity contribution in [3.8, 4) is 11.5 Å². The molecule has 1 aliphatic rings. The zero-order chi connectivity index (χ0) is 25.0. The van der Waals surface area contributed by atoms with E-state index in [-0.39, 0.29) is 28.5 Å². The second-order valence-electron chi connectivity index (χ2n) is 7.76. The molecular formula is C25H28ClFN2O5. The number of carbonyl (C=O) groups excluding carboxylic acids is 2. The van der Waals surface area contributed by atoms with Gasteiger partial charge in [-0.3, -0.25) is 9.59 Å². The number of nitrogens with zero attached hydrogens (tertiary/aromatic N) is 2. The molecule has 0 saturated carbocycles. The minimum atomic E-state index is -0.901. The minimum absolute atomic E-state index is 0.115. The van der Waals surface area contributed by atoms with Gasteiger partial charge in [-0.1, -0.05) is 37.6 Å². The van der Waals surface area contributed by atoms with Crippen molar-refractivity contribution in [2.24, 2.45) is 0 Å². The molecule has 1 amide bonds. The van der Waals surface area contributed by atoms with Crippen LogP contribution in [-0.2, 0) is 9.59 Å². The second kappa shape index (κ2) is 10.9. The van der Waals surface area contributed by atoms with E-state index in [1.165, 1.54) is 55.5 Å². The second-order valence-corrected chi connectivity index (χ2v) is 8.17. The molecule has 3 rings (SSSR count). The normalized spacial score (nSPS) is 17.5. The highest BCUT2D eigenvalue weighted by molar-refractivity contribution is 6.46. The number of hydrogen-bond donors (Lipinski definition) is 1. The number of likely N-dealkylation sites (N-methyl/N-ethyl adjacent to an activating group) is 1. The number of benzene rings is 2. The summed E-state index contributed by atoms with van der Waals surface area (Å²) >= 11 is 6.27. The number of rotatable bonds is 9. The SMILES string of the molecule is CCN(CC)CCN1C(=O)C(=O)/C(=C(/O)c2cc(Cl)c(OC)cc2OC)C1c1ccc(F)cc1. The molecule has 182 valence electrons. The number of aliphatic hydroxyl groups excluding tert-OH is 1. The first-order valence-corrected chi connectivity index (χ1v) is 11.3. The molecule has 1 N–H and O–H groups in total. The average molecular weight is 491 g/mol. The monoisotopic (exact) mass is 490 g/mol. The van der Waals surface area contributed by atoms with Crippen LogP contribution in [0.1, 0.15) is 31.0 Å². The molecule has 0 bridgehead atoms. The van der Waals surface area contributed by atoms with Gasteiger partial charge in [-0.05, 0) is 36.9 Å². The largest absolute Gasteiger partial charge is 0.507 e. The number of methoxy groups -OCH3 is 2. The van der Waals surface area contributed by atoms with Crippen molar-refractivity contribution in [2.45, 2.75) is 19.9 Å². The fourth-order valence-electron chi connectivity index (χ4n) is 4.08. The van der Waals surface area contributed by atoms with Crippen LogP contribution in [0, 0.1) is 5.82 Å². The van der Waals surface area contributed by atoms with E-state index in [4.69, 9.17) is 21.1 Å². The number of Topliss-reactive ketones (excluding diaryl/α,β-unsaturated/α-hetero) is 1. The Labute approximate surface area is 203 Å². The highest BCUT2D eigenvalue weighted by Gasteiger charge is 2.46. The fraction of sp³-hybridized carbons (Fsp3) is 0.360. The lowest BCUT2D eigenvalue weighted by atomic mass is 9.95. The van der Waals surface area contributed by atoms with Crippen molar-refractivity contribution in [1.29, 1.82) is 0 Å². The summed E-state index contributed by atoms with van der Waals surface area (Å²) in [6.07, 6.45) is 0. The van der Waals surface area contributed by atoms with E-state index in [1.807, 2.05) is 13.8 Å². The van der Waals surface area contributed by atoms with Crippen LogP contribution >= 0.6 is 11.6 Å². The average Bonchev–Trinajstić information content (AvgIpc) is 3.09. The van der Waals surface area contributed by atoms with Crippen LogP contribution in [0.2, 0.25) is 5.02 Å². The molecule has 0 spiro atoms. The van der Waals surface area contributed by atoms with Gasteiger partial charge in [-0.2, -0.15) is 0 Å². The molecule has 9 heteroatoms. The first-order valence-electron chi connectivity index (χ1n) is 10.9. The molecule has 0 radical (unpaired) electrons. The number of ether oxygens (including phenoxy) is 2. The molecule has 1 unspecified atom stereocenters. The summed E-state index contributed by atoms with van der Waals surface area (Å²) in [5.74, 6) is -1.91. The molecule has 0 aromatic heterocycles. The van der Waals surface area contributed by atoms with Crippen LogP contribution in [-0.4, -0.2) is 67.0 Å². The summed E-state index contributed by atoms with van der Waals surface area (Å²) in [6.45, 7) is 6.37. The maximum Gasteiger partial charge on any atom is 0.295 e. The lowest BCUT2D eigenvalue weighted by molar-refractivity contribution is -0.140. The summed E-state index contributed by atoms with van der Waals surface area (Å²) < 4.78 is 24.2. The Kier molecular flexibility index (Phi) is 8.17. The molecular weight excluding hydrogens is 463 g/mol. The topological polar surface area (TPSA) is 79.3 Å². The molecule has 1 saturated heterocycles. The molecule has 1 heterocycles. The van der Waals surface area contributed by atoms with Crippen molar-refractivity contribution in [3.05, 3.63) is 63.9 Å². The summed E-state index contributed by atoms with van der Waals surface area (Å²) in [6, 6.07) is 7.51. The van der Waals surface area contributed by atoms with Crippen molar-refractivity contribution in [1.82, 2.24) is 9.80 Å². The smallest absolute Gasteiger partial charge is 0.295 e. The minimum Gasteiger partial charge on any atom is -0.507 e. The van der Waals surface area contributed by atoms with Crippen LogP contribution in [0.3, 0.4) is 0 Å². The quantitative estimate of drug-likeness (QED) is 0.321. The maximum atomic E-state index is 13.6. The fourth-order valence-corrected chi connectivity index (χ4v) is 4.32. The van der Waals surface area contributed by atoms with Gasteiger partial charge in [0.1, 0.15) is 23.1 Å². The Balaban J connectivity index is 2.18. The third-order valence-electron chi connectivity index (χ3n) is 6.01. The first-order chi connectivity index (χ1) is 16.3. The Hall–Kier alpha value is -3.10. The van der Waals surface area contributed by atoms with Crippen molar-refractivity contribution >= 4 is 29.1 Å². The van der Waals surface area contributed by atoms with Gasteiger partial charge >= 0.3 is 0 Å². The molecule has 1 fully saturated rings. The van der Waals surface area contributed by atoms with Crippen LogP contribution in [0.25, 0.3) is 5.76 Å². The Morgan fingerprint density at radius 1 is 1.09 bits per heavy atom. The predicted octanol–water partition coefficient (Wildman–Crippen LogP) is 4.26. The number of hydrogen-bond acceptors (Lipinski definition) is 6. The Bertz CT molecular complexity index is 1100. The van der Waals surface area contributed by atoms with Gasteiger partial charge in [0.15, 0.2) is 0 Å². The van der Waals surface area contributed by atoms with Crippen LogP contribution in [0.5, 0.6) is 11.5 Å². The van der Waals surface area contributed by atoms with Gasteiger partial charge in [-0.25, -0.2) is 4.39 Å². The maximum absolute atomic E-state index is 13.6. The first kappa shape index (κ1) is 25.5. The molecule has 1 aliphatic heterocycles. The summed E-state index contributed by atoms with van der Waals surface area (Å²) in [4.78, 5) is 29.8. The number of amides is 1. The third-order valence-corrected chi connectivity index (χ3v) is 6.30. The standard InChI is InChI=1S/C25H28ClFN2O5/c1-5-28(6-2)11-12-29-22(15-7-9-16(27)10-8-15)21(24(31)25(29)32)23(30)17-13-18(26)20(34-4)14-19(17)33-3/h7-10,13-14,22,30H,5-6,11-12H2,1-4H3/b23-21+. The molecule has 34 heavy (non-hydrogen) atoms. The van der Waals surface area contributed by atoms with E-state index in [2.05, 4.69) is 4.90 Å². The highest BCUT2D eigenvalue weighted by atomic mass is 35.5. The molecule has 7 nitrogen and oxygen atoms in total. The number of ketones is 1. The van der Waals surface area contributed by atoms with Gasteiger partial charge in [0, 0.05) is 19.2 Å². The van der Waals surface area contributed by atoms with Crippen LogP contribution < -0.4 is 9.47 Å². The van der Waals surface area contributed by atoms with Gasteiger partial charge in [0.05, 0.1) is 36.4 Å². The van der Waals surface area contributed by atoms with Crippen LogP contribution in [0.15, 0.2) is 42.0 Å². The van der Waals surface area contributed by atoms with E-state index in [0.717, 1.165) is 13.1 Å². The number of carbonyl (C=O) groups is 2. The van der Waals surface area contributed by atoms with Crippen molar-refractivity contribution in [2.75, 3.05) is 40.4 Å². The van der Waals surface area contributed by atoms with Crippen molar-refractivity contribution < 1.29 is 28.6 Å². The van der Waals surface area contributed by atoms with Gasteiger partial charge in [0.25, 0.3) is 11.7 Å². The summed E-state index contributed by atoms with van der Waals surface area (Å²) in [5, 5.41) is 11.5. The zero-order valence-corrected chi connectivity index (χ0v) is 20.4. The Morgan fingerprint density at radius 2 is 1.71 bits per heavy atom. The Morgan fingerprint density at radius 3 is 2.26 bits per heavy atom. The molecule has 0 aliphatic carbocycles. The number of aliphatic hydroxyl groups is 1. The number of likely N-dealkylation sites (tertiary alicyclic amines) is 1. The van der Waals surface area contributed by atoms with E-state index in [1.54, 1.807) is 0 Å². The number of halogens is 2. The van der Waals surface area contributed by atoms with E-state index in [0.29, 0.717) is 17.9 Å². The van der Waals surface area contributed by atoms with Crippen molar-refractivity contribution in [3.63, 3.8) is 0 Å². The zero-order valence-electron chi connectivity index (χ0n) is 19.6. The molecule has 2 aromatic carbocycles. The highest BCUT2D eigenvalue weighted by Crippen LogP contribution is 2.43. The summed E-state index contributed by atoms with van der Waals surface area (Å²) in [5.41, 5.74) is 0.526. The van der Waals surface area contributed by atoms with Gasteiger partial charge in [0.2, 0.25) is 0 Å². The summed E-state index contributed by atoms with van der Waals surface area (Å²) in [7, 11) is 2.84. The molecule has 1 atom stereocenters. The van der Waals surface area contributed by atoms with Gasteiger partial charge in [-0.15, -0.1) is 0 Å². The van der Waals surface area contributed by atoms with E-state index < -0.39 is 29.3 Å². The van der Waals surface area contributed by atoms with E-state index >= 15 is 0 Å². The lowest BCUT2D eigenvalue weighted by Crippen LogP contribution is -2.38. The van der Waals surface area contributed by atoms with E-state index in [9.17, 15) is 19.1 Å². The third kappa shape index (κ3) is 4.88. The predicted molar refractivity (Wildman–Crippen MR) is 128 cm³/mol. The van der Waals surface area contributed by atoms with Crippen LogP contribution in [0.4, 0.5) is 4.39 Å². The molecule has 2 aromatic rings. The van der Waals surface area contributed by atoms with Gasteiger partial charge < -0.3 is 24.4 Å². The lowest BCUT2D eigenvalue weighted by Gasteiger charge is -2.28.